The molecular weight excluding hydrogens is 474 g/mol. The molecular formula is C22H23N7O5S. The number of nitrogens with zero attached hydrogens (tertiary/aromatic N) is 5. The molecule has 1 atom stereocenters. The number of aryl methyl sites for hydroxylation is 3. The van der Waals surface area contributed by atoms with Crippen molar-refractivity contribution in [2.75, 3.05) is 11.9 Å². The Morgan fingerprint density at radius 2 is 1.80 bits per heavy atom. The van der Waals surface area contributed by atoms with Crippen LogP contribution in [0.3, 0.4) is 0 Å². The lowest BCUT2D eigenvalue weighted by Gasteiger charge is -2.11. The van der Waals surface area contributed by atoms with Crippen LogP contribution in [0.25, 0.3) is 5.95 Å². The summed E-state index contributed by atoms with van der Waals surface area (Å²) in [5, 5.41) is 6.96. The molecule has 1 aliphatic rings. The van der Waals surface area contributed by atoms with Crippen molar-refractivity contribution in [3.8, 4) is 5.95 Å². The van der Waals surface area contributed by atoms with E-state index in [1.165, 1.54) is 17.7 Å². The van der Waals surface area contributed by atoms with Crippen molar-refractivity contribution in [2.45, 2.75) is 38.6 Å². The van der Waals surface area contributed by atoms with Gasteiger partial charge in [0.1, 0.15) is 17.7 Å². The zero-order chi connectivity index (χ0) is 25.3. The Hall–Kier alpha value is -4.13. The first kappa shape index (κ1) is 24.0. The molecule has 35 heavy (non-hydrogen) atoms. The molecule has 182 valence electrons. The van der Waals surface area contributed by atoms with E-state index in [0.29, 0.717) is 23.0 Å². The Balaban J connectivity index is 1.41. The largest absolute Gasteiger partial charge is 0.454 e. The van der Waals surface area contributed by atoms with E-state index in [9.17, 15) is 18.0 Å². The van der Waals surface area contributed by atoms with Crippen molar-refractivity contribution in [2.24, 2.45) is 4.99 Å². The van der Waals surface area contributed by atoms with Crippen LogP contribution in [-0.2, 0) is 24.3 Å². The Morgan fingerprint density at radius 1 is 1.11 bits per heavy atom. The van der Waals surface area contributed by atoms with Crippen LogP contribution in [0, 0.1) is 20.8 Å². The number of benzene rings is 1. The minimum absolute atomic E-state index is 0.0438. The molecule has 0 aliphatic carbocycles. The summed E-state index contributed by atoms with van der Waals surface area (Å²) in [6, 6.07) is 8.70. The highest BCUT2D eigenvalue weighted by Crippen LogP contribution is 2.22. The third-order valence-electron chi connectivity index (χ3n) is 4.93. The number of esters is 1. The molecule has 2 N–H and O–H groups in total. The number of aromatic nitrogens is 4. The van der Waals surface area contributed by atoms with Crippen molar-refractivity contribution in [3.63, 3.8) is 0 Å². The van der Waals surface area contributed by atoms with E-state index in [1.807, 2.05) is 19.9 Å². The Kier molecular flexibility index (Phi) is 6.35. The van der Waals surface area contributed by atoms with Gasteiger partial charge in [-0.05, 0) is 45.9 Å². The van der Waals surface area contributed by atoms with E-state index in [0.717, 1.165) is 11.4 Å². The molecule has 0 fully saturated rings. The van der Waals surface area contributed by atoms with Crippen LogP contribution in [0.1, 0.15) is 29.6 Å². The van der Waals surface area contributed by atoms with Gasteiger partial charge in [-0.2, -0.15) is 9.78 Å². The van der Waals surface area contributed by atoms with Crippen molar-refractivity contribution in [1.29, 1.82) is 0 Å². The summed E-state index contributed by atoms with van der Waals surface area (Å²) in [5.74, 6) is -0.734. The molecule has 0 saturated heterocycles. The van der Waals surface area contributed by atoms with Gasteiger partial charge in [0.25, 0.3) is 21.9 Å². The number of hydrogen-bond acceptors (Lipinski definition) is 9. The van der Waals surface area contributed by atoms with Crippen LogP contribution in [0.5, 0.6) is 0 Å². The molecule has 0 spiro atoms. The van der Waals surface area contributed by atoms with Crippen LogP contribution in [-0.4, -0.2) is 58.5 Å². The molecule has 3 aromatic rings. The lowest BCUT2D eigenvalue weighted by atomic mass is 10.2. The summed E-state index contributed by atoms with van der Waals surface area (Å²) in [5.41, 5.74) is 2.48. The lowest BCUT2D eigenvalue weighted by molar-refractivity contribution is -0.148. The summed E-state index contributed by atoms with van der Waals surface area (Å²) < 4.78 is 33.2. The van der Waals surface area contributed by atoms with Gasteiger partial charge in [-0.15, -0.1) is 0 Å². The van der Waals surface area contributed by atoms with Gasteiger partial charge in [-0.3, -0.25) is 14.5 Å². The minimum Gasteiger partial charge on any atom is -0.454 e. The number of hydrogen-bond donors (Lipinski definition) is 2. The average molecular weight is 498 g/mol. The molecule has 1 aliphatic heterocycles. The van der Waals surface area contributed by atoms with Crippen LogP contribution in [0.4, 0.5) is 5.82 Å². The van der Waals surface area contributed by atoms with Crippen molar-refractivity contribution >= 4 is 33.6 Å². The SMILES string of the molecule is Cc1cc(C)nc(-n2nc(C)cc2NC(=O)COC(=O)[C@H](C)N=C2NS(=O)(=O)c3ccccc32)n1. The molecule has 12 nitrogen and oxygen atoms in total. The van der Waals surface area contributed by atoms with Crippen molar-refractivity contribution < 1.29 is 22.7 Å². The highest BCUT2D eigenvalue weighted by molar-refractivity contribution is 7.90. The minimum atomic E-state index is -3.73. The summed E-state index contributed by atoms with van der Waals surface area (Å²) in [7, 11) is -3.73. The molecule has 0 unspecified atom stereocenters. The summed E-state index contributed by atoms with van der Waals surface area (Å²) >= 11 is 0. The van der Waals surface area contributed by atoms with Crippen molar-refractivity contribution in [1.82, 2.24) is 24.5 Å². The number of aliphatic imine (C=N–C) groups is 1. The number of fused-ring (bicyclic) bond motifs is 1. The Morgan fingerprint density at radius 3 is 2.51 bits per heavy atom. The quantitative estimate of drug-likeness (QED) is 0.481. The van der Waals surface area contributed by atoms with E-state index >= 15 is 0 Å². The Labute approximate surface area is 201 Å². The number of amides is 1. The first-order valence-corrected chi connectivity index (χ1v) is 12.1. The fraction of sp³-hybridized carbons (Fsp3) is 0.273. The molecule has 0 radical (unpaired) electrons. The molecule has 2 aromatic heterocycles. The third kappa shape index (κ3) is 5.19. The van der Waals surface area contributed by atoms with Crippen molar-refractivity contribution in [3.05, 3.63) is 59.0 Å². The highest BCUT2D eigenvalue weighted by Gasteiger charge is 2.31. The second-order valence-corrected chi connectivity index (χ2v) is 9.60. The van der Waals surface area contributed by atoms with E-state index in [2.05, 4.69) is 30.1 Å². The number of sulfonamides is 1. The summed E-state index contributed by atoms with van der Waals surface area (Å²) in [6.07, 6.45) is 0. The average Bonchev–Trinajstić information content (AvgIpc) is 3.27. The molecule has 1 amide bonds. The van der Waals surface area contributed by atoms with E-state index < -0.39 is 34.5 Å². The summed E-state index contributed by atoms with van der Waals surface area (Å²) in [4.78, 5) is 37.8. The number of carbonyl (C=O) groups is 2. The van der Waals surface area contributed by atoms with Gasteiger partial charge in [0.2, 0.25) is 0 Å². The van der Waals surface area contributed by atoms with Gasteiger partial charge >= 0.3 is 5.97 Å². The van der Waals surface area contributed by atoms with E-state index in [-0.39, 0.29) is 10.7 Å². The van der Waals surface area contributed by atoms with Gasteiger partial charge in [0, 0.05) is 23.0 Å². The molecule has 0 bridgehead atoms. The van der Waals surface area contributed by atoms with Crippen LogP contribution < -0.4 is 10.0 Å². The predicted molar refractivity (Wildman–Crippen MR) is 126 cm³/mol. The fourth-order valence-electron chi connectivity index (χ4n) is 3.46. The maximum Gasteiger partial charge on any atom is 0.331 e. The maximum absolute atomic E-state index is 12.5. The zero-order valence-electron chi connectivity index (χ0n) is 19.4. The summed E-state index contributed by atoms with van der Waals surface area (Å²) in [6.45, 7) is 6.27. The van der Waals surface area contributed by atoms with Gasteiger partial charge in [-0.25, -0.2) is 23.2 Å². The number of ether oxygens (including phenoxy) is 1. The first-order valence-electron chi connectivity index (χ1n) is 10.6. The Bertz CT molecular complexity index is 1440. The fourth-order valence-corrected chi connectivity index (χ4v) is 4.69. The highest BCUT2D eigenvalue weighted by atomic mass is 32.2. The monoisotopic (exact) mass is 497 g/mol. The van der Waals surface area contributed by atoms with Gasteiger partial charge in [0.15, 0.2) is 6.61 Å². The number of nitrogens with one attached hydrogen (secondary N) is 2. The van der Waals surface area contributed by atoms with E-state index in [4.69, 9.17) is 4.74 Å². The van der Waals surface area contributed by atoms with Crippen LogP contribution in [0.15, 0.2) is 46.3 Å². The zero-order valence-corrected chi connectivity index (χ0v) is 20.3. The predicted octanol–water partition coefficient (Wildman–Crippen LogP) is 1.20. The maximum atomic E-state index is 12.5. The molecule has 13 heteroatoms. The smallest absolute Gasteiger partial charge is 0.331 e. The van der Waals surface area contributed by atoms with Crippen LogP contribution >= 0.6 is 0 Å². The first-order chi connectivity index (χ1) is 16.5. The number of rotatable bonds is 6. The standard InChI is InChI=1S/C22H23N7O5S/c1-12-9-13(2)24-22(23-12)29-18(10-14(3)27-29)26-19(30)11-34-21(31)15(4)25-20-16-7-5-6-8-17(16)35(32,33)28-20/h5-10,15H,11H2,1-4H3,(H,25,28)(H,26,30)/t15-/m0/s1. The topological polar surface area (TPSA) is 158 Å². The molecule has 3 heterocycles. The van der Waals surface area contributed by atoms with Gasteiger partial charge in [-0.1, -0.05) is 12.1 Å². The second-order valence-electron chi connectivity index (χ2n) is 7.94. The van der Waals surface area contributed by atoms with Gasteiger partial charge < -0.3 is 10.1 Å². The number of anilines is 1. The van der Waals surface area contributed by atoms with Crippen LogP contribution in [0.2, 0.25) is 0 Å². The number of carbonyl (C=O) groups excluding carboxylic acids is 2. The normalized spacial score (nSPS) is 15.8. The van der Waals surface area contributed by atoms with E-state index in [1.54, 1.807) is 31.2 Å². The van der Waals surface area contributed by atoms with Gasteiger partial charge in [0.05, 0.1) is 10.6 Å². The second kappa shape index (κ2) is 9.25. The lowest BCUT2D eigenvalue weighted by Crippen LogP contribution is -2.29. The third-order valence-corrected chi connectivity index (χ3v) is 6.33. The molecule has 0 saturated carbocycles. The molecule has 1 aromatic carbocycles. The molecule has 4 rings (SSSR count). The number of amidine groups is 1.